The summed E-state index contributed by atoms with van der Waals surface area (Å²) in [5, 5.41) is 27.6. The van der Waals surface area contributed by atoms with Crippen LogP contribution in [-0.4, -0.2) is 92.6 Å². The van der Waals surface area contributed by atoms with Gasteiger partial charge in [0, 0.05) is 23.0 Å². The molecule has 2 aliphatic rings. The standard InChI is InChI=1S/C19H20N10O5S3/c1-3-5-28-19(23-26-27-28)36-8-9-7-35-16-11(15(31)29(16)12(9)17(32)33)21-14(30)10(24-34-6-4-2)13-22-18(20)37-25-13/h3-4,11,16H,1-2,5-8H2,(H,21,30)(H,32,33)(H2,20,22,25)/b24-10-/t11?,16-/m1/s1. The number of hydrogen-bond acceptors (Lipinski definition) is 14. The summed E-state index contributed by atoms with van der Waals surface area (Å²) >= 11 is 3.45. The predicted octanol–water partition coefficient (Wildman–Crippen LogP) is -0.270. The quantitative estimate of drug-likeness (QED) is 0.0759. The van der Waals surface area contributed by atoms with Gasteiger partial charge in [0.05, 0.1) is 6.54 Å². The minimum Gasteiger partial charge on any atom is -0.477 e. The van der Waals surface area contributed by atoms with Crippen LogP contribution in [0.1, 0.15) is 5.82 Å². The number of nitrogens with one attached hydrogen (secondary N) is 1. The molecule has 4 N–H and O–H groups in total. The van der Waals surface area contributed by atoms with E-state index in [2.05, 4.69) is 48.5 Å². The second kappa shape index (κ2) is 11.5. The molecule has 0 bridgehead atoms. The van der Waals surface area contributed by atoms with Crippen molar-refractivity contribution in [3.05, 3.63) is 42.4 Å². The Morgan fingerprint density at radius 2 is 2.19 bits per heavy atom. The monoisotopic (exact) mass is 564 g/mol. The molecule has 2 aliphatic heterocycles. The summed E-state index contributed by atoms with van der Waals surface area (Å²) in [5.74, 6) is -2.06. The smallest absolute Gasteiger partial charge is 0.352 e. The van der Waals surface area contributed by atoms with Gasteiger partial charge < -0.3 is 21.0 Å². The summed E-state index contributed by atoms with van der Waals surface area (Å²) in [7, 11) is 0. The number of fused-ring (bicyclic) bond motifs is 1. The highest BCUT2D eigenvalue weighted by molar-refractivity contribution is 8.01. The molecule has 15 nitrogen and oxygen atoms in total. The Hall–Kier alpha value is -3.77. The molecule has 2 amide bonds. The lowest BCUT2D eigenvalue weighted by Crippen LogP contribution is -2.71. The van der Waals surface area contributed by atoms with Crippen LogP contribution in [0.25, 0.3) is 0 Å². The summed E-state index contributed by atoms with van der Waals surface area (Å²) in [4.78, 5) is 48.2. The number of thioether (sulfide) groups is 2. The van der Waals surface area contributed by atoms with Crippen molar-refractivity contribution in [2.24, 2.45) is 5.16 Å². The molecule has 0 spiro atoms. The summed E-state index contributed by atoms with van der Waals surface area (Å²) in [6.45, 7) is 7.58. The molecule has 0 radical (unpaired) electrons. The Bertz CT molecular complexity index is 1300. The fourth-order valence-electron chi connectivity index (χ4n) is 3.36. The van der Waals surface area contributed by atoms with Gasteiger partial charge in [0.2, 0.25) is 16.7 Å². The van der Waals surface area contributed by atoms with Crippen LogP contribution in [0.2, 0.25) is 0 Å². The molecule has 2 aromatic heterocycles. The molecular formula is C19H20N10O5S3. The molecule has 2 atom stereocenters. The summed E-state index contributed by atoms with van der Waals surface area (Å²) < 4.78 is 5.50. The molecule has 1 fully saturated rings. The van der Waals surface area contributed by atoms with Crippen molar-refractivity contribution in [3.63, 3.8) is 0 Å². The van der Waals surface area contributed by atoms with Gasteiger partial charge in [-0.15, -0.1) is 23.4 Å². The lowest BCUT2D eigenvalue weighted by molar-refractivity contribution is -0.150. The van der Waals surface area contributed by atoms with Gasteiger partial charge in [-0.1, -0.05) is 35.6 Å². The molecule has 194 valence electrons. The highest BCUT2D eigenvalue weighted by Crippen LogP contribution is 2.41. The van der Waals surface area contributed by atoms with Crippen molar-refractivity contribution in [1.29, 1.82) is 0 Å². The number of anilines is 1. The van der Waals surface area contributed by atoms with E-state index in [1.807, 2.05) is 0 Å². The van der Waals surface area contributed by atoms with E-state index >= 15 is 0 Å². The normalized spacial score (nSPS) is 19.2. The van der Waals surface area contributed by atoms with Gasteiger partial charge in [-0.2, -0.15) is 9.36 Å². The number of allylic oxidation sites excluding steroid dienone is 1. The molecule has 4 rings (SSSR count). The van der Waals surface area contributed by atoms with Gasteiger partial charge >= 0.3 is 5.97 Å². The number of amides is 2. The zero-order valence-corrected chi connectivity index (χ0v) is 21.5. The Morgan fingerprint density at radius 3 is 2.86 bits per heavy atom. The topological polar surface area (TPSA) is 204 Å². The summed E-state index contributed by atoms with van der Waals surface area (Å²) in [6.07, 6.45) is 3.07. The van der Waals surface area contributed by atoms with Crippen LogP contribution in [-0.2, 0) is 25.8 Å². The minimum absolute atomic E-state index is 0.0263. The number of β-lactam (4-membered cyclic amide) rings is 1. The van der Waals surface area contributed by atoms with E-state index in [0.29, 0.717) is 23.0 Å². The number of carboxylic acids is 1. The lowest BCUT2D eigenvalue weighted by Gasteiger charge is -2.49. The molecule has 1 saturated heterocycles. The summed E-state index contributed by atoms with van der Waals surface area (Å²) in [5.41, 5.74) is 5.76. The van der Waals surface area contributed by atoms with Crippen LogP contribution in [0.15, 0.2) is 46.9 Å². The molecule has 0 aliphatic carbocycles. The summed E-state index contributed by atoms with van der Waals surface area (Å²) in [6, 6.07) is -0.985. The number of nitrogens with two attached hydrogens (primary N) is 1. The van der Waals surface area contributed by atoms with Crippen LogP contribution >= 0.6 is 35.1 Å². The first-order valence-corrected chi connectivity index (χ1v) is 13.3. The minimum atomic E-state index is -1.24. The Labute approximate surface area is 222 Å². The third kappa shape index (κ3) is 5.49. The fourth-order valence-corrected chi connectivity index (χ4v) is 6.17. The molecule has 1 unspecified atom stereocenters. The molecule has 37 heavy (non-hydrogen) atoms. The van der Waals surface area contributed by atoms with E-state index in [-0.39, 0.29) is 34.7 Å². The Kier molecular flexibility index (Phi) is 8.19. The maximum absolute atomic E-state index is 13.0. The Balaban J connectivity index is 1.49. The van der Waals surface area contributed by atoms with Crippen molar-refractivity contribution < 1.29 is 24.3 Å². The maximum Gasteiger partial charge on any atom is 0.352 e. The first-order chi connectivity index (χ1) is 17.8. The first-order valence-electron chi connectivity index (χ1n) is 10.5. The van der Waals surface area contributed by atoms with Crippen LogP contribution in [0.4, 0.5) is 5.13 Å². The van der Waals surface area contributed by atoms with Crippen molar-refractivity contribution in [2.75, 3.05) is 23.8 Å². The second-order valence-corrected chi connectivity index (χ2v) is 10.2. The molecule has 0 aromatic carbocycles. The highest BCUT2D eigenvalue weighted by Gasteiger charge is 2.54. The number of oxime groups is 1. The highest BCUT2D eigenvalue weighted by atomic mass is 32.2. The molecule has 4 heterocycles. The van der Waals surface area contributed by atoms with Gasteiger partial charge in [0.25, 0.3) is 11.8 Å². The lowest BCUT2D eigenvalue weighted by atomic mass is 10.0. The number of aromatic nitrogens is 6. The number of rotatable bonds is 12. The third-order valence-corrected chi connectivity index (χ3v) is 7.86. The van der Waals surface area contributed by atoms with Crippen molar-refractivity contribution in [2.45, 2.75) is 23.1 Å². The molecule has 18 heteroatoms. The number of nitrogen functional groups attached to an aromatic ring is 1. The van der Waals surface area contributed by atoms with Gasteiger partial charge in [0.1, 0.15) is 23.7 Å². The van der Waals surface area contributed by atoms with Gasteiger partial charge in [0.15, 0.2) is 5.13 Å². The average molecular weight is 565 g/mol. The third-order valence-electron chi connectivity index (χ3n) is 4.93. The zero-order chi connectivity index (χ0) is 26.5. The van der Waals surface area contributed by atoms with Crippen molar-refractivity contribution in [3.8, 4) is 0 Å². The van der Waals surface area contributed by atoms with E-state index in [4.69, 9.17) is 10.6 Å². The van der Waals surface area contributed by atoms with E-state index < -0.39 is 29.2 Å². The van der Waals surface area contributed by atoms with Crippen molar-refractivity contribution in [1.82, 2.24) is 39.8 Å². The Morgan fingerprint density at radius 1 is 1.38 bits per heavy atom. The van der Waals surface area contributed by atoms with E-state index in [0.717, 1.165) is 11.5 Å². The fraction of sp³-hybridized carbons (Fsp3) is 0.316. The number of tetrazole rings is 1. The number of carbonyl (C=O) groups is 3. The van der Waals surface area contributed by atoms with E-state index in [1.54, 1.807) is 6.08 Å². The number of aliphatic carboxylic acids is 1. The van der Waals surface area contributed by atoms with Crippen LogP contribution < -0.4 is 11.1 Å². The number of carboxylic acid groups (broad SMARTS) is 1. The molecule has 0 saturated carbocycles. The largest absolute Gasteiger partial charge is 0.477 e. The average Bonchev–Trinajstić information content (AvgIpc) is 3.51. The van der Waals surface area contributed by atoms with Gasteiger partial charge in [-0.3, -0.25) is 14.5 Å². The SMILES string of the molecule is C=CCO/N=C(\C(=O)NC1C(=O)N2C(C(=O)O)=C(CSc3nnnn3CC=C)CS[C@H]12)c1nsc(N)n1. The number of nitrogens with zero attached hydrogens (tertiary/aromatic N) is 8. The van der Waals surface area contributed by atoms with Crippen LogP contribution in [0, 0.1) is 0 Å². The van der Waals surface area contributed by atoms with Crippen molar-refractivity contribution >= 4 is 63.7 Å². The van der Waals surface area contributed by atoms with Gasteiger partial charge in [-0.25, -0.2) is 9.48 Å². The number of carbonyl (C=O) groups excluding carboxylic acids is 2. The molecular weight excluding hydrogens is 544 g/mol. The zero-order valence-electron chi connectivity index (χ0n) is 19.0. The number of hydrogen-bond donors (Lipinski definition) is 3. The second-order valence-electron chi connectivity index (χ2n) is 7.32. The maximum atomic E-state index is 13.0. The van der Waals surface area contributed by atoms with Gasteiger partial charge in [-0.05, 0) is 16.0 Å². The van der Waals surface area contributed by atoms with E-state index in [1.165, 1.54) is 39.2 Å². The predicted molar refractivity (Wildman–Crippen MR) is 135 cm³/mol. The van der Waals surface area contributed by atoms with Crippen LogP contribution in [0.3, 0.4) is 0 Å². The molecule has 2 aromatic rings. The van der Waals surface area contributed by atoms with Crippen LogP contribution in [0.5, 0.6) is 0 Å². The first kappa shape index (κ1) is 26.3. The van der Waals surface area contributed by atoms with E-state index in [9.17, 15) is 19.5 Å².